The van der Waals surface area contributed by atoms with Crippen LogP contribution >= 0.6 is 0 Å². The van der Waals surface area contributed by atoms with Crippen LogP contribution in [0.3, 0.4) is 0 Å². The van der Waals surface area contributed by atoms with Gasteiger partial charge in [0.15, 0.2) is 0 Å². The number of unbranched alkanes of at least 4 members (excludes halogenated alkanes) is 7. The highest BCUT2D eigenvalue weighted by molar-refractivity contribution is 6.10. The van der Waals surface area contributed by atoms with Gasteiger partial charge in [0, 0.05) is 30.1 Å². The van der Waals surface area contributed by atoms with Gasteiger partial charge in [0.1, 0.15) is 19.5 Å². The Kier molecular flexibility index (Phi) is 12.9. The number of hydrogen-bond donors (Lipinski definition) is 0. The number of aromatic nitrogens is 2. The largest absolute Gasteiger partial charge is 0.337 e. The number of benzene rings is 2. The van der Waals surface area contributed by atoms with E-state index in [0.29, 0.717) is 16.7 Å². The summed E-state index contributed by atoms with van der Waals surface area (Å²) < 4.78 is 29.8. The lowest BCUT2D eigenvalue weighted by Crippen LogP contribution is -1.95. The Morgan fingerprint density at radius 2 is 1.39 bits per heavy atom. The van der Waals surface area contributed by atoms with E-state index in [9.17, 15) is 8.78 Å². The highest BCUT2D eigenvalue weighted by Crippen LogP contribution is 2.27. The molecule has 33 heavy (non-hydrogen) atoms. The number of nitrogens with zero attached hydrogens (tertiary/aromatic N) is 2. The van der Waals surface area contributed by atoms with E-state index in [1.807, 2.05) is 32.6 Å². The minimum Gasteiger partial charge on any atom is -0.337 e. The molecule has 0 saturated carbocycles. The van der Waals surface area contributed by atoms with Gasteiger partial charge in [-0.05, 0) is 24.1 Å². The Bertz CT molecular complexity index is 891. The summed E-state index contributed by atoms with van der Waals surface area (Å²) in [6, 6.07) is 12.9. The van der Waals surface area contributed by atoms with E-state index in [0.717, 1.165) is 12.9 Å². The lowest BCUT2D eigenvalue weighted by atomic mass is 9.92. The Hall–Kier alpha value is -2.69. The maximum Gasteiger partial charge on any atom is 0.131 e. The molecular formula is C28H37BF2N2. The lowest BCUT2D eigenvalue weighted by molar-refractivity contribution is 0.543. The fourth-order valence-corrected chi connectivity index (χ4v) is 3.78. The first-order valence-electron chi connectivity index (χ1n) is 12.3. The van der Waals surface area contributed by atoms with Crippen molar-refractivity contribution in [2.45, 2.75) is 71.2 Å². The summed E-state index contributed by atoms with van der Waals surface area (Å²) in [7, 11) is 1.95. The van der Waals surface area contributed by atoms with E-state index in [1.165, 1.54) is 63.5 Å². The molecule has 0 saturated heterocycles. The third-order valence-corrected chi connectivity index (χ3v) is 5.57. The van der Waals surface area contributed by atoms with Crippen LogP contribution in [0.4, 0.5) is 8.78 Å². The summed E-state index contributed by atoms with van der Waals surface area (Å²) in [5.74, 6) is -0.666. The van der Waals surface area contributed by atoms with Crippen molar-refractivity contribution in [3.8, 4) is 0 Å². The quantitative estimate of drug-likeness (QED) is 0.207. The van der Waals surface area contributed by atoms with Crippen LogP contribution in [-0.2, 0) is 6.54 Å². The van der Waals surface area contributed by atoms with E-state index in [1.54, 1.807) is 36.4 Å². The smallest absolute Gasteiger partial charge is 0.131 e. The standard InChI is InChI=1S/C15H13BF2.C13H24N2/c16-10-9-11(12-5-1-3-7-14(12)17)13-6-2-4-8-15(13)18;1-2-3-4-5-6-7-8-9-11-15-12-10-14-13-15/h1-9H,10,16H2;10,12-13H,2-9,11H2,1H3. The van der Waals surface area contributed by atoms with Crippen LogP contribution in [-0.4, -0.2) is 17.4 Å². The molecule has 1 aromatic heterocycles. The molecule has 0 spiro atoms. The molecule has 2 aromatic carbocycles. The second kappa shape index (κ2) is 16.0. The number of aryl methyl sites for hydroxylation is 1. The topological polar surface area (TPSA) is 17.8 Å². The SMILES string of the molecule is BCC=C(c1ccccc1F)c1ccccc1F.CCCCCCCCCCn1ccnc1. The first-order chi connectivity index (χ1) is 16.2. The summed E-state index contributed by atoms with van der Waals surface area (Å²) in [6.45, 7) is 3.40. The summed E-state index contributed by atoms with van der Waals surface area (Å²) in [4.78, 5) is 4.03. The normalized spacial score (nSPS) is 10.4. The van der Waals surface area contributed by atoms with E-state index >= 15 is 0 Å². The van der Waals surface area contributed by atoms with Gasteiger partial charge in [-0.2, -0.15) is 0 Å². The maximum atomic E-state index is 13.8. The van der Waals surface area contributed by atoms with Gasteiger partial charge in [0.2, 0.25) is 0 Å². The zero-order chi connectivity index (χ0) is 23.7. The van der Waals surface area contributed by atoms with E-state index in [4.69, 9.17) is 0 Å². The highest BCUT2D eigenvalue weighted by atomic mass is 19.1. The third-order valence-electron chi connectivity index (χ3n) is 5.57. The van der Waals surface area contributed by atoms with Gasteiger partial charge >= 0.3 is 0 Å². The fourth-order valence-electron chi connectivity index (χ4n) is 3.78. The fraction of sp³-hybridized carbons (Fsp3) is 0.393. The van der Waals surface area contributed by atoms with Crippen molar-refractivity contribution < 1.29 is 8.78 Å². The molecule has 0 N–H and O–H groups in total. The average Bonchev–Trinajstić information content (AvgIpc) is 3.35. The van der Waals surface area contributed by atoms with Crippen LogP contribution in [0.5, 0.6) is 0 Å². The summed E-state index contributed by atoms with van der Waals surface area (Å²) in [5.41, 5.74) is 1.47. The summed E-state index contributed by atoms with van der Waals surface area (Å²) in [5, 5.41) is 0. The number of hydrogen-bond acceptors (Lipinski definition) is 1. The van der Waals surface area contributed by atoms with Crippen LogP contribution in [0.1, 0.15) is 69.4 Å². The zero-order valence-corrected chi connectivity index (χ0v) is 20.1. The van der Waals surface area contributed by atoms with Crippen molar-refractivity contribution in [1.82, 2.24) is 9.55 Å². The van der Waals surface area contributed by atoms with Crippen LogP contribution in [0, 0.1) is 11.6 Å². The van der Waals surface area contributed by atoms with Crippen molar-refractivity contribution in [2.24, 2.45) is 0 Å². The van der Waals surface area contributed by atoms with Crippen molar-refractivity contribution in [2.75, 3.05) is 0 Å². The highest BCUT2D eigenvalue weighted by Gasteiger charge is 2.12. The van der Waals surface area contributed by atoms with Gasteiger partial charge in [-0.25, -0.2) is 13.8 Å². The third kappa shape index (κ3) is 9.77. The maximum absolute atomic E-state index is 13.8. The van der Waals surface area contributed by atoms with E-state index < -0.39 is 0 Å². The molecule has 0 unspecified atom stereocenters. The minimum atomic E-state index is -0.333. The van der Waals surface area contributed by atoms with Crippen LogP contribution in [0.15, 0.2) is 73.3 Å². The number of halogens is 2. The molecule has 0 aliphatic rings. The Morgan fingerprint density at radius 3 is 1.88 bits per heavy atom. The second-order valence-electron chi connectivity index (χ2n) is 8.26. The number of allylic oxidation sites excluding steroid dienone is 1. The molecule has 5 heteroatoms. The molecule has 3 rings (SSSR count). The molecular weight excluding hydrogens is 413 g/mol. The molecule has 0 atom stereocenters. The Labute approximate surface area is 199 Å². The van der Waals surface area contributed by atoms with E-state index in [-0.39, 0.29) is 11.6 Å². The molecule has 176 valence electrons. The van der Waals surface area contributed by atoms with Crippen LogP contribution in [0.2, 0.25) is 6.32 Å². The van der Waals surface area contributed by atoms with Crippen LogP contribution in [0.25, 0.3) is 5.57 Å². The lowest BCUT2D eigenvalue weighted by Gasteiger charge is -2.10. The van der Waals surface area contributed by atoms with E-state index in [2.05, 4.69) is 16.5 Å². The molecule has 0 aliphatic carbocycles. The molecule has 3 aromatic rings. The van der Waals surface area contributed by atoms with Gasteiger partial charge in [0.05, 0.1) is 6.33 Å². The zero-order valence-electron chi connectivity index (χ0n) is 20.1. The monoisotopic (exact) mass is 450 g/mol. The van der Waals surface area contributed by atoms with Crippen LogP contribution < -0.4 is 0 Å². The van der Waals surface area contributed by atoms with Crippen molar-refractivity contribution in [3.63, 3.8) is 0 Å². The number of imidazole rings is 1. The molecule has 0 radical (unpaired) electrons. The molecule has 0 bridgehead atoms. The van der Waals surface area contributed by atoms with Crippen molar-refractivity contribution in [3.05, 3.63) is 96.1 Å². The average molecular weight is 450 g/mol. The second-order valence-corrected chi connectivity index (χ2v) is 8.26. The minimum absolute atomic E-state index is 0.333. The van der Waals surface area contributed by atoms with Gasteiger partial charge in [-0.1, -0.05) is 101 Å². The molecule has 2 nitrogen and oxygen atoms in total. The first kappa shape index (κ1) is 26.6. The van der Waals surface area contributed by atoms with Crippen molar-refractivity contribution in [1.29, 1.82) is 0 Å². The predicted octanol–water partition coefficient (Wildman–Crippen LogP) is 7.47. The summed E-state index contributed by atoms with van der Waals surface area (Å²) in [6.07, 6.45) is 19.5. The Balaban J connectivity index is 0.000000238. The first-order valence-corrected chi connectivity index (χ1v) is 12.3. The van der Waals surface area contributed by atoms with Gasteiger partial charge in [-0.15, -0.1) is 0 Å². The van der Waals surface area contributed by atoms with Gasteiger partial charge in [-0.3, -0.25) is 0 Å². The molecule has 1 heterocycles. The molecule has 0 aliphatic heterocycles. The Morgan fingerprint density at radius 1 is 0.848 bits per heavy atom. The predicted molar refractivity (Wildman–Crippen MR) is 138 cm³/mol. The van der Waals surface area contributed by atoms with Crippen molar-refractivity contribution >= 4 is 13.4 Å². The molecule has 0 fully saturated rings. The van der Waals surface area contributed by atoms with Gasteiger partial charge in [0.25, 0.3) is 0 Å². The summed E-state index contributed by atoms with van der Waals surface area (Å²) >= 11 is 0. The number of rotatable bonds is 12. The molecule has 0 amide bonds. The van der Waals surface area contributed by atoms with Gasteiger partial charge < -0.3 is 4.57 Å².